The van der Waals surface area contributed by atoms with Gasteiger partial charge >= 0.3 is 0 Å². The molecule has 2 rings (SSSR count). The smallest absolute Gasteiger partial charge is 0.0426 e. The number of benzene rings is 1. The molecule has 1 fully saturated rings. The molecular weight excluding hydrogens is 256 g/mol. The highest BCUT2D eigenvalue weighted by Crippen LogP contribution is 2.36. The molecule has 0 bridgehead atoms. The molecule has 19 heavy (non-hydrogen) atoms. The molecule has 0 unspecified atom stereocenters. The lowest BCUT2D eigenvalue weighted by Crippen LogP contribution is -2.30. The maximum Gasteiger partial charge on any atom is 0.0426 e. The maximum atomic E-state index is 5.98. The van der Waals surface area contributed by atoms with Crippen LogP contribution in [-0.2, 0) is 0 Å². The Bertz CT molecular complexity index is 401. The lowest BCUT2D eigenvalue weighted by molar-refractivity contribution is 0.245. The molecular formula is C16H25ClN2. The zero-order valence-electron chi connectivity index (χ0n) is 12.1. The van der Waals surface area contributed by atoms with Crippen LogP contribution in [0.5, 0.6) is 0 Å². The first-order valence-corrected chi connectivity index (χ1v) is 7.77. The standard InChI is InChI=1S/C16H25ClN2/c1-3-16(4-2)8-10-19(13-16)11-9-18-15-7-5-6-14(17)12-15/h5-7,12,18H,3-4,8-11,13H2,1-2H3. The predicted octanol–water partition coefficient (Wildman–Crippen LogP) is 4.26. The van der Waals surface area contributed by atoms with Crippen molar-refractivity contribution in [1.82, 2.24) is 4.90 Å². The quantitative estimate of drug-likeness (QED) is 0.837. The number of rotatable bonds is 6. The van der Waals surface area contributed by atoms with Gasteiger partial charge in [-0.2, -0.15) is 0 Å². The van der Waals surface area contributed by atoms with Crippen LogP contribution in [0.1, 0.15) is 33.1 Å². The number of hydrogen-bond acceptors (Lipinski definition) is 2. The Hall–Kier alpha value is -0.730. The lowest BCUT2D eigenvalue weighted by atomic mass is 9.82. The number of hydrogen-bond donors (Lipinski definition) is 1. The lowest BCUT2D eigenvalue weighted by Gasteiger charge is -2.26. The Morgan fingerprint density at radius 3 is 2.74 bits per heavy atom. The molecule has 1 aliphatic heterocycles. The van der Waals surface area contributed by atoms with Gasteiger partial charge < -0.3 is 10.2 Å². The zero-order chi connectivity index (χ0) is 13.7. The number of anilines is 1. The first-order chi connectivity index (χ1) is 9.17. The van der Waals surface area contributed by atoms with E-state index in [9.17, 15) is 0 Å². The van der Waals surface area contributed by atoms with Crippen LogP contribution in [0.25, 0.3) is 0 Å². The minimum absolute atomic E-state index is 0.579. The molecule has 1 aromatic carbocycles. The molecule has 0 amide bonds. The fourth-order valence-corrected chi connectivity index (χ4v) is 3.19. The highest BCUT2D eigenvalue weighted by atomic mass is 35.5. The van der Waals surface area contributed by atoms with E-state index in [4.69, 9.17) is 11.6 Å². The van der Waals surface area contributed by atoms with E-state index in [2.05, 4.69) is 30.1 Å². The van der Waals surface area contributed by atoms with Crippen molar-refractivity contribution in [2.24, 2.45) is 5.41 Å². The Balaban J connectivity index is 1.75. The molecule has 2 nitrogen and oxygen atoms in total. The maximum absolute atomic E-state index is 5.98. The summed E-state index contributed by atoms with van der Waals surface area (Å²) in [4.78, 5) is 2.59. The Morgan fingerprint density at radius 2 is 2.11 bits per heavy atom. The van der Waals surface area contributed by atoms with Gasteiger partial charge in [-0.1, -0.05) is 31.5 Å². The second-order valence-corrected chi connectivity index (χ2v) is 6.11. The van der Waals surface area contributed by atoms with Crippen molar-refractivity contribution < 1.29 is 0 Å². The van der Waals surface area contributed by atoms with E-state index in [0.29, 0.717) is 5.41 Å². The summed E-state index contributed by atoms with van der Waals surface area (Å²) in [6.45, 7) is 9.28. The van der Waals surface area contributed by atoms with Gasteiger partial charge in [-0.3, -0.25) is 0 Å². The fraction of sp³-hybridized carbons (Fsp3) is 0.625. The summed E-state index contributed by atoms with van der Waals surface area (Å²) in [6.07, 6.45) is 3.97. The second-order valence-electron chi connectivity index (χ2n) is 5.67. The molecule has 106 valence electrons. The van der Waals surface area contributed by atoms with Crippen LogP contribution in [-0.4, -0.2) is 31.1 Å². The first-order valence-electron chi connectivity index (χ1n) is 7.39. The third-order valence-electron chi connectivity index (χ3n) is 4.60. The first kappa shape index (κ1) is 14.7. The Kier molecular flexibility index (Phi) is 5.12. The molecule has 0 spiro atoms. The van der Waals surface area contributed by atoms with Gasteiger partial charge in [-0.05, 0) is 49.4 Å². The summed E-state index contributed by atoms with van der Waals surface area (Å²) >= 11 is 5.98. The molecule has 1 saturated heterocycles. The van der Waals surface area contributed by atoms with Crippen molar-refractivity contribution in [3.8, 4) is 0 Å². The number of likely N-dealkylation sites (tertiary alicyclic amines) is 1. The summed E-state index contributed by atoms with van der Waals surface area (Å²) in [5.74, 6) is 0. The predicted molar refractivity (Wildman–Crippen MR) is 84.0 cm³/mol. The summed E-state index contributed by atoms with van der Waals surface area (Å²) in [7, 11) is 0. The van der Waals surface area contributed by atoms with Crippen molar-refractivity contribution >= 4 is 17.3 Å². The third-order valence-corrected chi connectivity index (χ3v) is 4.83. The summed E-state index contributed by atoms with van der Waals surface area (Å²) < 4.78 is 0. The fourth-order valence-electron chi connectivity index (χ4n) is 3.00. The average molecular weight is 281 g/mol. The number of nitrogens with one attached hydrogen (secondary N) is 1. The molecule has 0 aromatic heterocycles. The van der Waals surface area contributed by atoms with E-state index in [1.54, 1.807) is 0 Å². The molecule has 0 radical (unpaired) electrons. The van der Waals surface area contributed by atoms with E-state index >= 15 is 0 Å². The Morgan fingerprint density at radius 1 is 1.32 bits per heavy atom. The Labute approximate surface area is 122 Å². The monoisotopic (exact) mass is 280 g/mol. The van der Waals surface area contributed by atoms with Crippen molar-refractivity contribution in [2.75, 3.05) is 31.5 Å². The van der Waals surface area contributed by atoms with Crippen LogP contribution >= 0.6 is 11.6 Å². The van der Waals surface area contributed by atoms with E-state index in [1.165, 1.54) is 32.4 Å². The zero-order valence-corrected chi connectivity index (χ0v) is 12.8. The van der Waals surface area contributed by atoms with Gasteiger partial charge in [-0.15, -0.1) is 0 Å². The summed E-state index contributed by atoms with van der Waals surface area (Å²) in [5, 5.41) is 4.24. The van der Waals surface area contributed by atoms with Gasteiger partial charge in [0.1, 0.15) is 0 Å². The van der Waals surface area contributed by atoms with E-state index in [0.717, 1.165) is 23.8 Å². The number of halogens is 1. The van der Waals surface area contributed by atoms with Crippen LogP contribution in [0.15, 0.2) is 24.3 Å². The molecule has 1 N–H and O–H groups in total. The minimum Gasteiger partial charge on any atom is -0.384 e. The van der Waals surface area contributed by atoms with Gasteiger partial charge in [0.25, 0.3) is 0 Å². The van der Waals surface area contributed by atoms with Gasteiger partial charge in [0.05, 0.1) is 0 Å². The van der Waals surface area contributed by atoms with Gasteiger partial charge in [-0.25, -0.2) is 0 Å². The summed E-state index contributed by atoms with van der Waals surface area (Å²) in [5.41, 5.74) is 1.69. The van der Waals surface area contributed by atoms with Crippen LogP contribution in [0.4, 0.5) is 5.69 Å². The second kappa shape index (κ2) is 6.62. The molecule has 3 heteroatoms. The van der Waals surface area contributed by atoms with Crippen LogP contribution in [0.2, 0.25) is 5.02 Å². The van der Waals surface area contributed by atoms with E-state index < -0.39 is 0 Å². The molecule has 0 saturated carbocycles. The van der Waals surface area contributed by atoms with Crippen molar-refractivity contribution in [3.63, 3.8) is 0 Å². The van der Waals surface area contributed by atoms with E-state index in [-0.39, 0.29) is 0 Å². The van der Waals surface area contributed by atoms with Crippen LogP contribution in [0.3, 0.4) is 0 Å². The summed E-state index contributed by atoms with van der Waals surface area (Å²) in [6, 6.07) is 7.94. The molecule has 1 aromatic rings. The van der Waals surface area contributed by atoms with Gasteiger partial charge in [0.2, 0.25) is 0 Å². The van der Waals surface area contributed by atoms with E-state index in [1.807, 2.05) is 18.2 Å². The highest BCUT2D eigenvalue weighted by Gasteiger charge is 2.34. The highest BCUT2D eigenvalue weighted by molar-refractivity contribution is 6.30. The van der Waals surface area contributed by atoms with Crippen molar-refractivity contribution in [2.45, 2.75) is 33.1 Å². The molecule has 1 aliphatic rings. The molecule has 0 atom stereocenters. The van der Waals surface area contributed by atoms with Crippen LogP contribution < -0.4 is 5.32 Å². The molecule has 0 aliphatic carbocycles. The average Bonchev–Trinajstić information content (AvgIpc) is 2.83. The van der Waals surface area contributed by atoms with Crippen molar-refractivity contribution in [1.29, 1.82) is 0 Å². The normalized spacial score (nSPS) is 18.7. The minimum atomic E-state index is 0.579. The third kappa shape index (κ3) is 3.87. The largest absolute Gasteiger partial charge is 0.384 e. The van der Waals surface area contributed by atoms with Crippen molar-refractivity contribution in [3.05, 3.63) is 29.3 Å². The van der Waals surface area contributed by atoms with Gasteiger partial charge in [0, 0.05) is 30.3 Å². The topological polar surface area (TPSA) is 15.3 Å². The molecule has 1 heterocycles. The SMILES string of the molecule is CCC1(CC)CCN(CCNc2cccc(Cl)c2)C1. The van der Waals surface area contributed by atoms with Gasteiger partial charge in [0.15, 0.2) is 0 Å². The number of nitrogens with zero attached hydrogens (tertiary/aromatic N) is 1. The van der Waals surface area contributed by atoms with Crippen LogP contribution in [0, 0.1) is 5.41 Å².